The van der Waals surface area contributed by atoms with Gasteiger partial charge >= 0.3 is 0 Å². The quantitative estimate of drug-likeness (QED) is 0.773. The molecule has 0 heterocycles. The van der Waals surface area contributed by atoms with Gasteiger partial charge in [0, 0.05) is 0 Å². The maximum atomic E-state index is 12.5. The van der Waals surface area contributed by atoms with E-state index in [4.69, 9.17) is 0 Å². The Bertz CT molecular complexity index is 372. The van der Waals surface area contributed by atoms with Crippen LogP contribution in [0.25, 0.3) is 6.08 Å². The highest BCUT2D eigenvalue weighted by Gasteiger charge is 2.20. The van der Waals surface area contributed by atoms with Gasteiger partial charge in [-0.05, 0) is 37.6 Å². The fourth-order valence-corrected chi connectivity index (χ4v) is 0.950. The summed E-state index contributed by atoms with van der Waals surface area (Å²) in [7, 11) is 0. The van der Waals surface area contributed by atoms with Crippen molar-refractivity contribution in [2.75, 3.05) is 0 Å². The molecule has 2 nitrogen and oxygen atoms in total. The molecule has 0 amide bonds. The second-order valence-electron chi connectivity index (χ2n) is 3.81. The Hall–Kier alpha value is -1.48. The highest BCUT2D eigenvalue weighted by Crippen LogP contribution is 2.08. The number of hydrogen-bond donors (Lipinski definition) is 1. The van der Waals surface area contributed by atoms with Gasteiger partial charge in [0.15, 0.2) is 5.78 Å². The van der Waals surface area contributed by atoms with Gasteiger partial charge in [-0.15, -0.1) is 0 Å². The standard InChI is InChI=1S/C12H13FO2/c1-12(2,15)11(14)8-5-9-3-6-10(13)7-4-9/h3-8,15H,1-2H3/b8-5+. The fraction of sp³-hybridized carbons (Fsp3) is 0.250. The first-order valence-electron chi connectivity index (χ1n) is 4.60. The lowest BCUT2D eigenvalue weighted by Gasteiger charge is -2.11. The minimum Gasteiger partial charge on any atom is -0.382 e. The van der Waals surface area contributed by atoms with Crippen LogP contribution < -0.4 is 0 Å². The minimum atomic E-state index is -1.36. The number of halogens is 1. The van der Waals surface area contributed by atoms with E-state index in [2.05, 4.69) is 0 Å². The Kier molecular flexibility index (Phi) is 3.37. The second-order valence-corrected chi connectivity index (χ2v) is 3.81. The van der Waals surface area contributed by atoms with Crippen LogP contribution in [0, 0.1) is 5.82 Å². The smallest absolute Gasteiger partial charge is 0.186 e. The van der Waals surface area contributed by atoms with E-state index in [9.17, 15) is 14.3 Å². The van der Waals surface area contributed by atoms with Crippen LogP contribution in [0.5, 0.6) is 0 Å². The molecule has 0 unspecified atom stereocenters. The summed E-state index contributed by atoms with van der Waals surface area (Å²) in [5, 5.41) is 9.35. The van der Waals surface area contributed by atoms with Gasteiger partial charge in [0.2, 0.25) is 0 Å². The van der Waals surface area contributed by atoms with Crippen LogP contribution in [0.4, 0.5) is 4.39 Å². The largest absolute Gasteiger partial charge is 0.382 e. The molecule has 3 heteroatoms. The Balaban J connectivity index is 2.74. The van der Waals surface area contributed by atoms with E-state index >= 15 is 0 Å². The molecule has 0 aliphatic rings. The van der Waals surface area contributed by atoms with Crippen LogP contribution in [0.15, 0.2) is 30.3 Å². The summed E-state index contributed by atoms with van der Waals surface area (Å²) < 4.78 is 12.5. The molecule has 0 saturated heterocycles. The second kappa shape index (κ2) is 4.36. The molecule has 0 atom stereocenters. The van der Waals surface area contributed by atoms with Crippen molar-refractivity contribution in [2.24, 2.45) is 0 Å². The van der Waals surface area contributed by atoms with Crippen molar-refractivity contribution < 1.29 is 14.3 Å². The predicted molar refractivity (Wildman–Crippen MR) is 56.7 cm³/mol. The van der Waals surface area contributed by atoms with Crippen molar-refractivity contribution in [3.8, 4) is 0 Å². The number of rotatable bonds is 3. The van der Waals surface area contributed by atoms with Gasteiger partial charge in [0.05, 0.1) is 0 Å². The number of aliphatic hydroxyl groups is 1. The van der Waals surface area contributed by atoms with Crippen molar-refractivity contribution in [3.63, 3.8) is 0 Å². The van der Waals surface area contributed by atoms with Crippen LogP contribution in [-0.4, -0.2) is 16.5 Å². The average Bonchev–Trinajstić information content (AvgIpc) is 2.15. The zero-order valence-electron chi connectivity index (χ0n) is 8.70. The maximum Gasteiger partial charge on any atom is 0.186 e. The molecule has 0 fully saturated rings. The lowest BCUT2D eigenvalue weighted by Crippen LogP contribution is -2.29. The maximum absolute atomic E-state index is 12.5. The average molecular weight is 208 g/mol. The summed E-state index contributed by atoms with van der Waals surface area (Å²) in [5.41, 5.74) is -0.648. The molecule has 15 heavy (non-hydrogen) atoms. The van der Waals surface area contributed by atoms with Crippen molar-refractivity contribution in [1.82, 2.24) is 0 Å². The monoisotopic (exact) mass is 208 g/mol. The Morgan fingerprint density at radius 1 is 1.33 bits per heavy atom. The molecule has 80 valence electrons. The minimum absolute atomic E-state index is 0.319. The number of carbonyl (C=O) groups excluding carboxylic acids is 1. The molecule has 0 aromatic heterocycles. The van der Waals surface area contributed by atoms with Crippen LogP contribution in [0.3, 0.4) is 0 Å². The first-order valence-corrected chi connectivity index (χ1v) is 4.60. The van der Waals surface area contributed by atoms with Gasteiger partial charge in [-0.2, -0.15) is 0 Å². The van der Waals surface area contributed by atoms with E-state index in [1.807, 2.05) is 0 Å². The number of ketones is 1. The molecule has 0 radical (unpaired) electrons. The Labute approximate surface area is 88.1 Å². The van der Waals surface area contributed by atoms with Crippen molar-refractivity contribution in [1.29, 1.82) is 0 Å². The Morgan fingerprint density at radius 2 is 1.87 bits per heavy atom. The molecular weight excluding hydrogens is 195 g/mol. The van der Waals surface area contributed by atoms with Gasteiger partial charge < -0.3 is 5.11 Å². The highest BCUT2D eigenvalue weighted by molar-refractivity contribution is 5.99. The van der Waals surface area contributed by atoms with Crippen LogP contribution in [0.1, 0.15) is 19.4 Å². The fourth-order valence-electron chi connectivity index (χ4n) is 0.950. The zero-order chi connectivity index (χ0) is 11.5. The number of benzene rings is 1. The lowest BCUT2D eigenvalue weighted by molar-refractivity contribution is -0.128. The van der Waals surface area contributed by atoms with E-state index < -0.39 is 5.60 Å². The van der Waals surface area contributed by atoms with E-state index in [1.54, 1.807) is 18.2 Å². The highest BCUT2D eigenvalue weighted by atomic mass is 19.1. The SMILES string of the molecule is CC(C)(O)C(=O)/C=C/c1ccc(F)cc1. The third kappa shape index (κ3) is 3.64. The van der Waals surface area contributed by atoms with Crippen LogP contribution >= 0.6 is 0 Å². The molecule has 0 saturated carbocycles. The summed E-state index contributed by atoms with van der Waals surface area (Å²) in [6, 6.07) is 5.75. The molecule has 1 rings (SSSR count). The van der Waals surface area contributed by atoms with E-state index in [0.29, 0.717) is 5.56 Å². The van der Waals surface area contributed by atoms with Gasteiger partial charge in [-0.1, -0.05) is 18.2 Å². The molecule has 1 aromatic carbocycles. The van der Waals surface area contributed by atoms with Gasteiger partial charge in [-0.25, -0.2) is 4.39 Å². The lowest BCUT2D eigenvalue weighted by atomic mass is 10.0. The van der Waals surface area contributed by atoms with E-state index in [0.717, 1.165) is 0 Å². The van der Waals surface area contributed by atoms with Gasteiger partial charge in [0.25, 0.3) is 0 Å². The predicted octanol–water partition coefficient (Wildman–Crippen LogP) is 2.18. The van der Waals surface area contributed by atoms with E-state index in [1.165, 1.54) is 32.1 Å². The van der Waals surface area contributed by atoms with Crippen molar-refractivity contribution in [3.05, 3.63) is 41.7 Å². The summed E-state index contributed by atoms with van der Waals surface area (Å²) in [6.45, 7) is 2.84. The van der Waals surface area contributed by atoms with Crippen molar-refractivity contribution >= 4 is 11.9 Å². The zero-order valence-corrected chi connectivity index (χ0v) is 8.70. The molecule has 1 N–H and O–H groups in total. The van der Waals surface area contributed by atoms with Gasteiger partial charge in [0.1, 0.15) is 11.4 Å². The van der Waals surface area contributed by atoms with Crippen molar-refractivity contribution in [2.45, 2.75) is 19.4 Å². The third-order valence-corrected chi connectivity index (χ3v) is 1.90. The topological polar surface area (TPSA) is 37.3 Å². The molecule has 0 bridgehead atoms. The van der Waals surface area contributed by atoms with E-state index in [-0.39, 0.29) is 11.6 Å². The molecular formula is C12H13FO2. The third-order valence-electron chi connectivity index (χ3n) is 1.90. The summed E-state index contributed by atoms with van der Waals surface area (Å²) in [4.78, 5) is 11.3. The first-order chi connectivity index (χ1) is 6.89. The van der Waals surface area contributed by atoms with Gasteiger partial charge in [-0.3, -0.25) is 4.79 Å². The Morgan fingerprint density at radius 3 is 2.33 bits per heavy atom. The molecule has 0 aliphatic carbocycles. The number of carbonyl (C=O) groups is 1. The van der Waals surface area contributed by atoms with Crippen LogP contribution in [-0.2, 0) is 4.79 Å². The summed E-state index contributed by atoms with van der Waals surface area (Å²) in [5.74, 6) is -0.701. The number of hydrogen-bond acceptors (Lipinski definition) is 2. The summed E-state index contributed by atoms with van der Waals surface area (Å²) >= 11 is 0. The first kappa shape index (κ1) is 11.6. The summed E-state index contributed by atoms with van der Waals surface area (Å²) in [6.07, 6.45) is 2.83. The molecule has 0 aliphatic heterocycles. The normalized spacial score (nSPS) is 12.0. The molecule has 1 aromatic rings. The molecule has 0 spiro atoms. The van der Waals surface area contributed by atoms with Crippen LogP contribution in [0.2, 0.25) is 0 Å².